The molecule has 1 atom stereocenters. The van der Waals surface area contributed by atoms with Gasteiger partial charge in [-0.05, 0) is 37.7 Å². The molecule has 148 valence electrons. The highest BCUT2D eigenvalue weighted by molar-refractivity contribution is 5.94. The van der Waals surface area contributed by atoms with Gasteiger partial charge in [-0.3, -0.25) is 9.59 Å². The van der Waals surface area contributed by atoms with Gasteiger partial charge in [0.05, 0.1) is 18.3 Å². The fourth-order valence-electron chi connectivity index (χ4n) is 4.01. The monoisotopic (exact) mass is 375 g/mol. The van der Waals surface area contributed by atoms with Crippen molar-refractivity contribution in [3.05, 3.63) is 23.9 Å². The largest absolute Gasteiger partial charge is 0.481 e. The Balaban J connectivity index is 1.57. The zero-order chi connectivity index (χ0) is 19.4. The number of nitrogens with zero attached hydrogens (tertiary/aromatic N) is 3. The smallest absolute Gasteiger partial charge is 0.255 e. The van der Waals surface area contributed by atoms with Crippen LogP contribution in [-0.2, 0) is 9.53 Å². The Bertz CT molecular complexity index is 666. The highest BCUT2D eigenvalue weighted by Gasteiger charge is 2.41. The summed E-state index contributed by atoms with van der Waals surface area (Å²) in [6, 6.07) is 3.45. The van der Waals surface area contributed by atoms with Gasteiger partial charge >= 0.3 is 0 Å². The van der Waals surface area contributed by atoms with Crippen LogP contribution < -0.4 is 4.74 Å². The molecule has 0 saturated carbocycles. The van der Waals surface area contributed by atoms with Crippen LogP contribution in [0, 0.1) is 5.92 Å². The van der Waals surface area contributed by atoms with Gasteiger partial charge in [-0.25, -0.2) is 4.98 Å². The number of ether oxygens (including phenoxy) is 2. The highest BCUT2D eigenvalue weighted by atomic mass is 16.5. The normalized spacial score (nSPS) is 21.7. The number of amides is 2. The Kier molecular flexibility index (Phi) is 5.99. The Labute approximate surface area is 160 Å². The van der Waals surface area contributed by atoms with Crippen molar-refractivity contribution >= 4 is 11.8 Å². The maximum atomic E-state index is 12.7. The van der Waals surface area contributed by atoms with E-state index in [1.54, 1.807) is 44.4 Å². The Morgan fingerprint density at radius 3 is 2.67 bits per heavy atom. The molecule has 0 N–H and O–H groups in total. The number of rotatable bonds is 4. The van der Waals surface area contributed by atoms with E-state index in [4.69, 9.17) is 9.47 Å². The van der Waals surface area contributed by atoms with Crippen LogP contribution >= 0.6 is 0 Å². The predicted octanol–water partition coefficient (Wildman–Crippen LogP) is 1.97. The van der Waals surface area contributed by atoms with Crippen LogP contribution in [0.3, 0.4) is 0 Å². The number of likely N-dealkylation sites (tertiary alicyclic amines) is 1. The van der Waals surface area contributed by atoms with Crippen molar-refractivity contribution in [2.45, 2.75) is 37.7 Å². The summed E-state index contributed by atoms with van der Waals surface area (Å²) in [6.45, 7) is 2.03. The molecular formula is C20H29N3O4. The van der Waals surface area contributed by atoms with Gasteiger partial charge in [-0.15, -0.1) is 0 Å². The average molecular weight is 375 g/mol. The SMILES string of the molecule is COc1ccc(C(=O)N2CCC3(CC2)CC(CC(=O)N(C)C)CCO3)cn1. The maximum Gasteiger partial charge on any atom is 0.255 e. The van der Waals surface area contributed by atoms with Gasteiger partial charge in [-0.2, -0.15) is 0 Å². The number of pyridine rings is 1. The molecule has 2 saturated heterocycles. The van der Waals surface area contributed by atoms with Gasteiger partial charge in [0, 0.05) is 52.5 Å². The minimum absolute atomic E-state index is 0.00449. The fraction of sp³-hybridized carbons (Fsp3) is 0.650. The van der Waals surface area contributed by atoms with E-state index in [0.717, 1.165) is 25.7 Å². The lowest BCUT2D eigenvalue weighted by atomic mass is 9.78. The van der Waals surface area contributed by atoms with Gasteiger partial charge in [0.1, 0.15) is 0 Å². The predicted molar refractivity (Wildman–Crippen MR) is 101 cm³/mol. The number of carbonyl (C=O) groups excluding carboxylic acids is 2. The standard InChI is InChI=1S/C20H29N3O4/c1-22(2)18(24)12-15-6-11-27-20(13-15)7-9-23(10-8-20)19(25)16-4-5-17(26-3)21-14-16/h4-5,14-15H,6-13H2,1-3H3. The lowest BCUT2D eigenvalue weighted by Crippen LogP contribution is -2.51. The second-order valence-electron chi connectivity index (χ2n) is 7.76. The number of hydrogen-bond acceptors (Lipinski definition) is 5. The van der Waals surface area contributed by atoms with Crippen LogP contribution in [0.2, 0.25) is 0 Å². The van der Waals surface area contributed by atoms with E-state index in [2.05, 4.69) is 4.98 Å². The van der Waals surface area contributed by atoms with Crippen molar-refractivity contribution < 1.29 is 19.1 Å². The molecule has 2 aliphatic heterocycles. The average Bonchev–Trinajstić information content (AvgIpc) is 2.68. The third-order valence-electron chi connectivity index (χ3n) is 5.71. The minimum Gasteiger partial charge on any atom is -0.481 e. The lowest BCUT2D eigenvalue weighted by molar-refractivity contribution is -0.139. The maximum absolute atomic E-state index is 12.7. The minimum atomic E-state index is -0.190. The molecule has 2 aliphatic rings. The molecule has 1 aromatic rings. The summed E-state index contributed by atoms with van der Waals surface area (Å²) in [7, 11) is 5.16. The number of piperidine rings is 1. The van der Waals surface area contributed by atoms with Crippen LogP contribution in [0.1, 0.15) is 42.5 Å². The van der Waals surface area contributed by atoms with Gasteiger partial charge in [0.25, 0.3) is 5.91 Å². The Morgan fingerprint density at radius 1 is 1.33 bits per heavy atom. The molecule has 0 bridgehead atoms. The molecule has 7 nitrogen and oxygen atoms in total. The first-order valence-electron chi connectivity index (χ1n) is 9.56. The van der Waals surface area contributed by atoms with Crippen molar-refractivity contribution in [2.75, 3.05) is 40.9 Å². The van der Waals surface area contributed by atoms with Crippen molar-refractivity contribution in [2.24, 2.45) is 5.92 Å². The molecule has 7 heteroatoms. The number of carbonyl (C=O) groups is 2. The summed E-state index contributed by atoms with van der Waals surface area (Å²) in [5.41, 5.74) is 0.385. The zero-order valence-corrected chi connectivity index (χ0v) is 16.4. The first-order valence-corrected chi connectivity index (χ1v) is 9.56. The second-order valence-corrected chi connectivity index (χ2v) is 7.76. The van der Waals surface area contributed by atoms with E-state index in [0.29, 0.717) is 43.5 Å². The Hall–Kier alpha value is -2.15. The van der Waals surface area contributed by atoms with Gasteiger partial charge in [-0.1, -0.05) is 0 Å². The summed E-state index contributed by atoms with van der Waals surface area (Å²) in [5, 5.41) is 0. The summed E-state index contributed by atoms with van der Waals surface area (Å²) in [4.78, 5) is 32.4. The van der Waals surface area contributed by atoms with Crippen molar-refractivity contribution in [1.29, 1.82) is 0 Å². The van der Waals surface area contributed by atoms with Gasteiger partial charge < -0.3 is 19.3 Å². The number of methoxy groups -OCH3 is 1. The summed E-state index contributed by atoms with van der Waals surface area (Å²) >= 11 is 0. The fourth-order valence-corrected chi connectivity index (χ4v) is 4.01. The molecule has 0 aliphatic carbocycles. The molecule has 1 aromatic heterocycles. The molecular weight excluding hydrogens is 346 g/mol. The van der Waals surface area contributed by atoms with Crippen LogP contribution in [-0.4, -0.2) is 73.1 Å². The second kappa shape index (κ2) is 8.25. The third-order valence-corrected chi connectivity index (χ3v) is 5.71. The van der Waals surface area contributed by atoms with E-state index in [-0.39, 0.29) is 17.4 Å². The van der Waals surface area contributed by atoms with Gasteiger partial charge in [0.15, 0.2) is 0 Å². The van der Waals surface area contributed by atoms with Crippen LogP contribution in [0.5, 0.6) is 5.88 Å². The third kappa shape index (κ3) is 4.58. The van der Waals surface area contributed by atoms with Gasteiger partial charge in [0.2, 0.25) is 11.8 Å². The molecule has 2 amide bonds. The first kappa shape index (κ1) is 19.6. The number of aromatic nitrogens is 1. The van der Waals surface area contributed by atoms with Crippen LogP contribution in [0.25, 0.3) is 0 Å². The quantitative estimate of drug-likeness (QED) is 0.805. The molecule has 1 unspecified atom stereocenters. The first-order chi connectivity index (χ1) is 12.9. The van der Waals surface area contributed by atoms with E-state index in [9.17, 15) is 9.59 Å². The Morgan fingerprint density at radius 2 is 2.07 bits per heavy atom. The number of hydrogen-bond donors (Lipinski definition) is 0. The molecule has 3 heterocycles. The van der Waals surface area contributed by atoms with E-state index >= 15 is 0 Å². The molecule has 3 rings (SSSR count). The molecule has 1 spiro atoms. The summed E-state index contributed by atoms with van der Waals surface area (Å²) < 4.78 is 11.2. The molecule has 0 aromatic carbocycles. The molecule has 0 radical (unpaired) electrons. The zero-order valence-electron chi connectivity index (χ0n) is 16.4. The highest BCUT2D eigenvalue weighted by Crippen LogP contribution is 2.39. The van der Waals surface area contributed by atoms with Crippen molar-refractivity contribution in [1.82, 2.24) is 14.8 Å². The summed E-state index contributed by atoms with van der Waals surface area (Å²) in [5.74, 6) is 1.03. The summed E-state index contributed by atoms with van der Waals surface area (Å²) in [6.07, 6.45) is 5.61. The lowest BCUT2D eigenvalue weighted by Gasteiger charge is -2.46. The van der Waals surface area contributed by atoms with E-state index in [1.807, 2.05) is 4.90 Å². The van der Waals surface area contributed by atoms with Crippen LogP contribution in [0.4, 0.5) is 0 Å². The molecule has 27 heavy (non-hydrogen) atoms. The van der Waals surface area contributed by atoms with Crippen LogP contribution in [0.15, 0.2) is 18.3 Å². The van der Waals surface area contributed by atoms with E-state index in [1.165, 1.54) is 0 Å². The molecule has 2 fully saturated rings. The van der Waals surface area contributed by atoms with E-state index < -0.39 is 0 Å². The van der Waals surface area contributed by atoms with Crippen molar-refractivity contribution in [3.63, 3.8) is 0 Å². The van der Waals surface area contributed by atoms with Crippen molar-refractivity contribution in [3.8, 4) is 5.88 Å². The topological polar surface area (TPSA) is 72.0 Å².